The van der Waals surface area contributed by atoms with Gasteiger partial charge < -0.3 is 19.0 Å². The lowest BCUT2D eigenvalue weighted by atomic mass is 9.91. The van der Waals surface area contributed by atoms with Gasteiger partial charge in [0, 0.05) is 24.0 Å². The van der Waals surface area contributed by atoms with E-state index < -0.39 is 11.6 Å². The molecule has 0 unspecified atom stereocenters. The first-order valence-corrected chi connectivity index (χ1v) is 10.5. The van der Waals surface area contributed by atoms with Gasteiger partial charge in [-0.3, -0.25) is 0 Å². The van der Waals surface area contributed by atoms with Gasteiger partial charge in [-0.1, -0.05) is 19.1 Å². The van der Waals surface area contributed by atoms with Gasteiger partial charge >= 0.3 is 5.97 Å². The second-order valence-corrected chi connectivity index (χ2v) is 7.51. The first kappa shape index (κ1) is 21.1. The minimum Gasteiger partial charge on any atom is -0.487 e. The van der Waals surface area contributed by atoms with Gasteiger partial charge in [-0.25, -0.2) is 9.78 Å². The molecule has 0 bridgehead atoms. The molecule has 1 aromatic carbocycles. The van der Waals surface area contributed by atoms with Gasteiger partial charge in [0.05, 0.1) is 0 Å². The molecule has 0 spiro atoms. The molecule has 0 aliphatic heterocycles. The van der Waals surface area contributed by atoms with E-state index >= 15 is 0 Å². The van der Waals surface area contributed by atoms with Crippen LogP contribution < -0.4 is 4.74 Å². The number of ether oxygens (including phenoxy) is 2. The van der Waals surface area contributed by atoms with Crippen LogP contribution in [0.2, 0.25) is 0 Å². The number of carbonyl (C=O) groups is 1. The summed E-state index contributed by atoms with van der Waals surface area (Å²) in [5, 5.41) is 13.6. The van der Waals surface area contributed by atoms with Crippen LogP contribution in [0.3, 0.4) is 0 Å². The minimum absolute atomic E-state index is 0.297. The lowest BCUT2D eigenvalue weighted by Crippen LogP contribution is -2.43. The number of aryl methyl sites for hydroxylation is 1. The average molecular weight is 416 g/mol. The SMILES string of the molecule is CCO[C@@](CC)(Cc1ccc(OCc2nc(-c3ccsc3)oc2C)cc1)C(=O)O. The van der Waals surface area contributed by atoms with Crippen molar-refractivity contribution in [3.05, 3.63) is 58.1 Å². The molecule has 1 N–H and O–H groups in total. The summed E-state index contributed by atoms with van der Waals surface area (Å²) in [4.78, 5) is 16.2. The van der Waals surface area contributed by atoms with E-state index in [1.807, 2.05) is 54.9 Å². The summed E-state index contributed by atoms with van der Waals surface area (Å²) >= 11 is 1.59. The van der Waals surface area contributed by atoms with Gasteiger partial charge in [0.2, 0.25) is 5.89 Å². The maximum absolute atomic E-state index is 11.7. The van der Waals surface area contributed by atoms with Crippen molar-refractivity contribution in [3.8, 4) is 17.2 Å². The second-order valence-electron chi connectivity index (χ2n) is 6.73. The molecular formula is C22H25NO5S. The topological polar surface area (TPSA) is 81.8 Å². The number of hydrogen-bond acceptors (Lipinski definition) is 6. The van der Waals surface area contributed by atoms with E-state index in [-0.39, 0.29) is 0 Å². The Hall–Kier alpha value is -2.64. The fourth-order valence-electron chi connectivity index (χ4n) is 3.10. The van der Waals surface area contributed by atoms with Crippen LogP contribution in [-0.2, 0) is 22.6 Å². The van der Waals surface area contributed by atoms with E-state index in [1.54, 1.807) is 18.3 Å². The fourth-order valence-corrected chi connectivity index (χ4v) is 3.73. The third-order valence-corrected chi connectivity index (χ3v) is 5.51. The molecule has 0 aliphatic carbocycles. The molecule has 0 aliphatic rings. The van der Waals surface area contributed by atoms with Crippen LogP contribution in [0, 0.1) is 6.92 Å². The number of aliphatic carboxylic acids is 1. The maximum atomic E-state index is 11.7. The normalized spacial score (nSPS) is 13.2. The molecule has 29 heavy (non-hydrogen) atoms. The Kier molecular flexibility index (Phi) is 6.71. The standard InChI is InChI=1S/C22H25NO5S/c1-4-22(21(24)25,27-5-2)12-16-6-8-18(9-7-16)26-13-19-15(3)28-20(23-19)17-10-11-29-14-17/h6-11,14H,4-5,12-13H2,1-3H3,(H,24,25)/t22-/m0/s1. The summed E-state index contributed by atoms with van der Waals surface area (Å²) in [6.45, 7) is 6.15. The smallest absolute Gasteiger partial charge is 0.336 e. The molecule has 0 amide bonds. The first-order chi connectivity index (χ1) is 14.0. The van der Waals surface area contributed by atoms with Gasteiger partial charge in [-0.05, 0) is 49.4 Å². The number of carboxylic acid groups (broad SMARTS) is 1. The van der Waals surface area contributed by atoms with Crippen LogP contribution >= 0.6 is 11.3 Å². The predicted molar refractivity (Wildman–Crippen MR) is 111 cm³/mol. The number of carboxylic acids is 1. The largest absolute Gasteiger partial charge is 0.487 e. The summed E-state index contributed by atoms with van der Waals surface area (Å²) in [6.07, 6.45) is 0.700. The van der Waals surface area contributed by atoms with Gasteiger partial charge in [-0.15, -0.1) is 0 Å². The molecule has 3 aromatic rings. The van der Waals surface area contributed by atoms with Crippen molar-refractivity contribution < 1.29 is 23.8 Å². The third kappa shape index (κ3) is 4.86. The zero-order valence-electron chi connectivity index (χ0n) is 16.8. The quantitative estimate of drug-likeness (QED) is 0.496. The Balaban J connectivity index is 1.65. The van der Waals surface area contributed by atoms with Crippen LogP contribution in [0.25, 0.3) is 11.5 Å². The van der Waals surface area contributed by atoms with Gasteiger partial charge in [0.1, 0.15) is 23.8 Å². The van der Waals surface area contributed by atoms with E-state index in [4.69, 9.17) is 13.9 Å². The average Bonchev–Trinajstić information content (AvgIpc) is 3.36. The number of thiophene rings is 1. The molecule has 3 rings (SSSR count). The number of nitrogens with zero attached hydrogens (tertiary/aromatic N) is 1. The number of rotatable bonds is 10. The first-order valence-electron chi connectivity index (χ1n) is 9.55. The van der Waals surface area contributed by atoms with Crippen molar-refractivity contribution >= 4 is 17.3 Å². The number of oxazole rings is 1. The Labute approximate surface area is 174 Å². The Morgan fingerprint density at radius 2 is 2.00 bits per heavy atom. The maximum Gasteiger partial charge on any atom is 0.336 e. The minimum atomic E-state index is -1.20. The summed E-state index contributed by atoms with van der Waals surface area (Å²) in [5.41, 5.74) is 1.39. The highest BCUT2D eigenvalue weighted by molar-refractivity contribution is 7.08. The predicted octanol–water partition coefficient (Wildman–Crippen LogP) is 5.10. The fraction of sp³-hybridized carbons (Fsp3) is 0.364. The third-order valence-electron chi connectivity index (χ3n) is 4.83. The Morgan fingerprint density at radius 3 is 2.59 bits per heavy atom. The van der Waals surface area contributed by atoms with Crippen molar-refractivity contribution in [3.63, 3.8) is 0 Å². The van der Waals surface area contributed by atoms with E-state index in [0.29, 0.717) is 37.7 Å². The molecule has 0 fully saturated rings. The van der Waals surface area contributed by atoms with E-state index in [0.717, 1.165) is 22.6 Å². The van der Waals surface area contributed by atoms with Crippen molar-refractivity contribution in [2.24, 2.45) is 0 Å². The van der Waals surface area contributed by atoms with Crippen LogP contribution in [0.15, 0.2) is 45.5 Å². The second kappa shape index (κ2) is 9.24. The van der Waals surface area contributed by atoms with E-state index in [1.165, 1.54) is 0 Å². The molecule has 1 atom stereocenters. The van der Waals surface area contributed by atoms with Gasteiger partial charge in [0.25, 0.3) is 0 Å². The highest BCUT2D eigenvalue weighted by Crippen LogP contribution is 2.26. The number of benzene rings is 1. The zero-order chi connectivity index (χ0) is 20.9. The molecule has 6 nitrogen and oxygen atoms in total. The van der Waals surface area contributed by atoms with Crippen molar-refractivity contribution in [1.82, 2.24) is 4.98 Å². The number of aromatic nitrogens is 1. The zero-order valence-corrected chi connectivity index (χ0v) is 17.6. The Bertz CT molecular complexity index is 933. The van der Waals surface area contributed by atoms with E-state index in [2.05, 4.69) is 4.98 Å². The molecule has 0 saturated carbocycles. The highest BCUT2D eigenvalue weighted by Gasteiger charge is 2.37. The van der Waals surface area contributed by atoms with Crippen LogP contribution in [0.5, 0.6) is 5.75 Å². The van der Waals surface area contributed by atoms with Crippen molar-refractivity contribution in [2.45, 2.75) is 45.8 Å². The number of hydrogen-bond donors (Lipinski definition) is 1. The lowest BCUT2D eigenvalue weighted by Gasteiger charge is -2.28. The summed E-state index contributed by atoms with van der Waals surface area (Å²) in [7, 11) is 0. The highest BCUT2D eigenvalue weighted by atomic mass is 32.1. The van der Waals surface area contributed by atoms with Gasteiger partial charge in [0.15, 0.2) is 5.60 Å². The monoisotopic (exact) mass is 415 g/mol. The molecule has 0 saturated heterocycles. The summed E-state index contributed by atoms with van der Waals surface area (Å²) in [6, 6.07) is 9.37. The Morgan fingerprint density at radius 1 is 1.24 bits per heavy atom. The molecule has 2 aromatic heterocycles. The van der Waals surface area contributed by atoms with Crippen molar-refractivity contribution in [1.29, 1.82) is 0 Å². The van der Waals surface area contributed by atoms with Crippen LogP contribution in [0.4, 0.5) is 0 Å². The molecule has 7 heteroatoms. The van der Waals surface area contributed by atoms with Crippen molar-refractivity contribution in [2.75, 3.05) is 6.61 Å². The van der Waals surface area contributed by atoms with Gasteiger partial charge in [-0.2, -0.15) is 11.3 Å². The molecular weight excluding hydrogens is 390 g/mol. The summed E-state index contributed by atoms with van der Waals surface area (Å²) < 4.78 is 17.1. The van der Waals surface area contributed by atoms with Crippen LogP contribution in [0.1, 0.15) is 37.3 Å². The van der Waals surface area contributed by atoms with E-state index in [9.17, 15) is 9.90 Å². The molecule has 154 valence electrons. The molecule has 2 heterocycles. The molecule has 0 radical (unpaired) electrons. The lowest BCUT2D eigenvalue weighted by molar-refractivity contribution is -0.166. The van der Waals surface area contributed by atoms with Crippen LogP contribution in [-0.4, -0.2) is 28.3 Å². The summed E-state index contributed by atoms with van der Waals surface area (Å²) in [5.74, 6) is 1.07.